The van der Waals surface area contributed by atoms with E-state index in [-0.39, 0.29) is 10.7 Å². The highest BCUT2D eigenvalue weighted by atomic mass is 32.2. The molecule has 0 bridgehead atoms. The van der Waals surface area contributed by atoms with Crippen LogP contribution in [0.4, 0.5) is 24.7 Å². The number of halogens is 3. The molecule has 0 spiro atoms. The van der Waals surface area contributed by atoms with Crippen LogP contribution in [0.1, 0.15) is 0 Å². The maximum absolute atomic E-state index is 13.0. The topological polar surface area (TPSA) is 85.1 Å². The van der Waals surface area contributed by atoms with Crippen molar-refractivity contribution in [2.45, 2.75) is 4.90 Å². The normalized spacial score (nSPS) is 11.3. The van der Waals surface area contributed by atoms with Crippen LogP contribution in [0.3, 0.4) is 0 Å². The van der Waals surface area contributed by atoms with Crippen LogP contribution in [-0.4, -0.2) is 13.4 Å². The van der Waals surface area contributed by atoms with Crippen LogP contribution < -0.4 is 10.5 Å². The van der Waals surface area contributed by atoms with Gasteiger partial charge in [-0.05, 0) is 12.1 Å². The summed E-state index contributed by atoms with van der Waals surface area (Å²) >= 11 is 0. The van der Waals surface area contributed by atoms with Crippen molar-refractivity contribution in [1.29, 1.82) is 0 Å². The molecule has 0 amide bonds. The predicted octanol–water partition coefficient (Wildman–Crippen LogP) is 1.88. The van der Waals surface area contributed by atoms with E-state index in [0.717, 1.165) is 6.20 Å². The molecule has 1 heterocycles. The Hall–Kier alpha value is -2.29. The Kier molecular flexibility index (Phi) is 3.53. The third-order valence-electron chi connectivity index (χ3n) is 2.31. The molecule has 106 valence electrons. The average Bonchev–Trinajstić information content (AvgIpc) is 2.36. The first-order chi connectivity index (χ1) is 9.29. The minimum Gasteiger partial charge on any atom is -0.384 e. The molecule has 3 N–H and O–H groups in total. The van der Waals surface area contributed by atoms with Crippen molar-refractivity contribution in [2.75, 3.05) is 10.5 Å². The molecule has 0 atom stereocenters. The number of anilines is 2. The van der Waals surface area contributed by atoms with Gasteiger partial charge in [0.25, 0.3) is 10.0 Å². The molecule has 0 radical (unpaired) electrons. The van der Waals surface area contributed by atoms with E-state index in [4.69, 9.17) is 5.73 Å². The van der Waals surface area contributed by atoms with Gasteiger partial charge in [0.2, 0.25) is 0 Å². The van der Waals surface area contributed by atoms with Crippen molar-refractivity contribution in [3.63, 3.8) is 0 Å². The van der Waals surface area contributed by atoms with Crippen LogP contribution in [0, 0.1) is 17.5 Å². The quantitative estimate of drug-likeness (QED) is 0.848. The molecular formula is C11H8F3N3O2S. The van der Waals surface area contributed by atoms with Crippen molar-refractivity contribution in [3.8, 4) is 0 Å². The van der Waals surface area contributed by atoms with E-state index in [9.17, 15) is 21.6 Å². The second-order valence-electron chi connectivity index (χ2n) is 3.78. The standard InChI is InChI=1S/C11H8F3N3O2S/c12-8-3-6(4-9(13)11(8)14)17-20(18,19)7-1-2-10(15)16-5-7/h1-5,17H,(H2,15,16). The molecule has 0 saturated heterocycles. The lowest BCUT2D eigenvalue weighted by molar-refractivity contribution is 0.448. The Balaban J connectivity index is 2.36. The first-order valence-corrected chi connectivity index (χ1v) is 6.67. The number of pyridine rings is 1. The first kappa shape index (κ1) is 14.1. The molecule has 0 unspecified atom stereocenters. The molecule has 9 heteroatoms. The largest absolute Gasteiger partial charge is 0.384 e. The molecule has 5 nitrogen and oxygen atoms in total. The zero-order chi connectivity index (χ0) is 14.9. The number of rotatable bonds is 3. The SMILES string of the molecule is Nc1ccc(S(=O)(=O)Nc2cc(F)c(F)c(F)c2)cn1. The van der Waals surface area contributed by atoms with E-state index >= 15 is 0 Å². The fourth-order valence-corrected chi connectivity index (χ4v) is 2.36. The number of hydrogen-bond donors (Lipinski definition) is 2. The Morgan fingerprint density at radius 3 is 2.20 bits per heavy atom. The Bertz CT molecular complexity index is 725. The van der Waals surface area contributed by atoms with E-state index < -0.39 is 33.2 Å². The lowest BCUT2D eigenvalue weighted by atomic mass is 10.3. The molecule has 0 aliphatic carbocycles. The van der Waals surface area contributed by atoms with Crippen LogP contribution in [0.2, 0.25) is 0 Å². The lowest BCUT2D eigenvalue weighted by Gasteiger charge is -2.08. The van der Waals surface area contributed by atoms with Crippen molar-refractivity contribution in [3.05, 3.63) is 47.9 Å². The maximum Gasteiger partial charge on any atom is 0.263 e. The molecule has 2 rings (SSSR count). The van der Waals surface area contributed by atoms with Crippen molar-refractivity contribution < 1.29 is 21.6 Å². The summed E-state index contributed by atoms with van der Waals surface area (Å²) < 4.78 is 64.4. The van der Waals surface area contributed by atoms with E-state index in [2.05, 4.69) is 4.98 Å². The molecule has 0 fully saturated rings. The summed E-state index contributed by atoms with van der Waals surface area (Å²) in [6.07, 6.45) is 0.980. The van der Waals surface area contributed by atoms with Gasteiger partial charge in [-0.25, -0.2) is 26.6 Å². The van der Waals surface area contributed by atoms with Gasteiger partial charge in [-0.2, -0.15) is 0 Å². The molecular weight excluding hydrogens is 295 g/mol. The fourth-order valence-electron chi connectivity index (χ4n) is 1.38. The van der Waals surface area contributed by atoms with Crippen LogP contribution in [0.25, 0.3) is 0 Å². The molecule has 2 aromatic rings. The highest BCUT2D eigenvalue weighted by molar-refractivity contribution is 7.92. The zero-order valence-corrected chi connectivity index (χ0v) is 10.6. The molecule has 1 aromatic heterocycles. The summed E-state index contributed by atoms with van der Waals surface area (Å²) in [7, 11) is -4.10. The molecule has 20 heavy (non-hydrogen) atoms. The highest BCUT2D eigenvalue weighted by Crippen LogP contribution is 2.20. The smallest absolute Gasteiger partial charge is 0.263 e. The van der Waals surface area contributed by atoms with Gasteiger partial charge in [0.1, 0.15) is 10.7 Å². The zero-order valence-electron chi connectivity index (χ0n) is 9.77. The van der Waals surface area contributed by atoms with Crippen LogP contribution >= 0.6 is 0 Å². The number of nitrogens with one attached hydrogen (secondary N) is 1. The van der Waals surface area contributed by atoms with Gasteiger partial charge in [-0.1, -0.05) is 0 Å². The number of benzene rings is 1. The van der Waals surface area contributed by atoms with Crippen LogP contribution in [-0.2, 0) is 10.0 Å². The summed E-state index contributed by atoms with van der Waals surface area (Å²) in [6.45, 7) is 0. The van der Waals surface area contributed by atoms with Gasteiger partial charge in [0, 0.05) is 18.3 Å². The number of nitrogens with zero attached hydrogens (tertiary/aromatic N) is 1. The monoisotopic (exact) mass is 303 g/mol. The minimum atomic E-state index is -4.10. The van der Waals surface area contributed by atoms with Gasteiger partial charge in [0.05, 0.1) is 5.69 Å². The van der Waals surface area contributed by atoms with Gasteiger partial charge in [-0.15, -0.1) is 0 Å². The third-order valence-corrected chi connectivity index (χ3v) is 3.67. The van der Waals surface area contributed by atoms with E-state index in [1.165, 1.54) is 12.1 Å². The van der Waals surface area contributed by atoms with E-state index in [1.807, 2.05) is 4.72 Å². The summed E-state index contributed by atoms with van der Waals surface area (Å²) in [6, 6.07) is 3.47. The molecule has 0 aliphatic rings. The van der Waals surface area contributed by atoms with Gasteiger partial charge < -0.3 is 5.73 Å². The summed E-state index contributed by atoms with van der Waals surface area (Å²) in [5.74, 6) is -4.57. The van der Waals surface area contributed by atoms with Gasteiger partial charge in [0.15, 0.2) is 17.5 Å². The first-order valence-electron chi connectivity index (χ1n) is 5.18. The Labute approximate surface area is 112 Å². The summed E-state index contributed by atoms with van der Waals surface area (Å²) in [5.41, 5.74) is 4.87. The number of aromatic nitrogens is 1. The summed E-state index contributed by atoms with van der Waals surface area (Å²) in [5, 5.41) is 0. The highest BCUT2D eigenvalue weighted by Gasteiger charge is 2.17. The lowest BCUT2D eigenvalue weighted by Crippen LogP contribution is -2.14. The maximum atomic E-state index is 13.0. The molecule has 0 saturated carbocycles. The van der Waals surface area contributed by atoms with Crippen molar-refractivity contribution in [1.82, 2.24) is 4.98 Å². The average molecular weight is 303 g/mol. The second-order valence-corrected chi connectivity index (χ2v) is 5.46. The van der Waals surface area contributed by atoms with Gasteiger partial charge in [-0.3, -0.25) is 4.72 Å². The van der Waals surface area contributed by atoms with Crippen molar-refractivity contribution in [2.24, 2.45) is 0 Å². The number of nitrogen functional groups attached to an aromatic ring is 1. The van der Waals surface area contributed by atoms with Crippen LogP contribution in [0.15, 0.2) is 35.4 Å². The van der Waals surface area contributed by atoms with E-state index in [0.29, 0.717) is 12.1 Å². The summed E-state index contributed by atoms with van der Waals surface area (Å²) in [4.78, 5) is 3.33. The Morgan fingerprint density at radius 2 is 1.70 bits per heavy atom. The molecule has 1 aromatic carbocycles. The number of sulfonamides is 1. The molecule has 0 aliphatic heterocycles. The van der Waals surface area contributed by atoms with Crippen molar-refractivity contribution >= 4 is 21.5 Å². The minimum absolute atomic E-state index is 0.114. The van der Waals surface area contributed by atoms with Gasteiger partial charge >= 0.3 is 0 Å². The number of hydrogen-bond acceptors (Lipinski definition) is 4. The predicted molar refractivity (Wildman–Crippen MR) is 65.8 cm³/mol. The van der Waals surface area contributed by atoms with E-state index in [1.54, 1.807) is 0 Å². The fraction of sp³-hybridized carbons (Fsp3) is 0. The number of nitrogens with two attached hydrogens (primary N) is 1. The third kappa shape index (κ3) is 2.82. The second kappa shape index (κ2) is 5.00. The van der Waals surface area contributed by atoms with Crippen LogP contribution in [0.5, 0.6) is 0 Å². The Morgan fingerprint density at radius 1 is 1.10 bits per heavy atom.